The van der Waals surface area contributed by atoms with Gasteiger partial charge in [-0.3, -0.25) is 0 Å². The Hall–Kier alpha value is -3.82. The number of ether oxygens (including phenoxy) is 1. The zero-order valence-electron chi connectivity index (χ0n) is 20.3. The Morgan fingerprint density at radius 1 is 1.08 bits per heavy atom. The summed E-state index contributed by atoms with van der Waals surface area (Å²) in [6.45, 7) is 0.757. The largest absolute Gasteiger partial charge is 0.487 e. The lowest BCUT2D eigenvalue weighted by molar-refractivity contribution is 0.0931. The van der Waals surface area contributed by atoms with Gasteiger partial charge in [0.2, 0.25) is 5.89 Å². The summed E-state index contributed by atoms with van der Waals surface area (Å²) in [4.78, 5) is 8.55. The molecule has 2 aromatic heterocycles. The van der Waals surface area contributed by atoms with Crippen LogP contribution in [0, 0.1) is 11.6 Å². The molecule has 0 aliphatic rings. The van der Waals surface area contributed by atoms with Crippen LogP contribution in [0.15, 0.2) is 65.5 Å². The summed E-state index contributed by atoms with van der Waals surface area (Å²) in [5.74, 6) is 0.500. The van der Waals surface area contributed by atoms with Crippen LogP contribution in [0.4, 0.5) is 8.78 Å². The molecule has 0 fully saturated rings. The first-order valence-corrected chi connectivity index (χ1v) is 12.1. The number of aliphatic hydroxyl groups excluding tert-OH is 2. The Bertz CT molecular complexity index is 1300. The molecule has 0 radical (unpaired) electrons. The van der Waals surface area contributed by atoms with Gasteiger partial charge < -0.3 is 23.9 Å². The van der Waals surface area contributed by atoms with Crippen LogP contribution in [0.5, 0.6) is 5.75 Å². The van der Waals surface area contributed by atoms with Crippen molar-refractivity contribution < 1.29 is 28.1 Å². The molecular weight excluding hydrogens is 480 g/mol. The lowest BCUT2D eigenvalue weighted by atomic mass is 10.1. The van der Waals surface area contributed by atoms with E-state index in [1.165, 1.54) is 36.1 Å². The van der Waals surface area contributed by atoms with E-state index in [4.69, 9.17) is 14.3 Å². The van der Waals surface area contributed by atoms with Crippen LogP contribution in [-0.4, -0.2) is 37.5 Å². The van der Waals surface area contributed by atoms with Gasteiger partial charge in [0, 0.05) is 43.1 Å². The van der Waals surface area contributed by atoms with Gasteiger partial charge in [-0.05, 0) is 55.2 Å². The minimum Gasteiger partial charge on any atom is -0.487 e. The molecule has 4 rings (SSSR count). The van der Waals surface area contributed by atoms with Gasteiger partial charge in [-0.15, -0.1) is 0 Å². The van der Waals surface area contributed by atoms with Crippen LogP contribution in [0.25, 0.3) is 12.2 Å². The molecule has 1 atom stereocenters. The number of hydrogen-bond acceptors (Lipinski definition) is 6. The summed E-state index contributed by atoms with van der Waals surface area (Å²) in [5.41, 5.74) is 2.03. The summed E-state index contributed by atoms with van der Waals surface area (Å²) >= 11 is 0. The van der Waals surface area contributed by atoms with Crippen LogP contribution in [0.3, 0.4) is 0 Å². The highest BCUT2D eigenvalue weighted by Crippen LogP contribution is 2.17. The second-order valence-electron chi connectivity index (χ2n) is 8.64. The number of aromatic nitrogens is 3. The zero-order valence-corrected chi connectivity index (χ0v) is 20.3. The van der Waals surface area contributed by atoms with Crippen LogP contribution in [-0.2, 0) is 26.0 Å². The van der Waals surface area contributed by atoms with Crippen LogP contribution in [0.2, 0.25) is 0 Å². The number of aryl methyl sites for hydroxylation is 2. The summed E-state index contributed by atoms with van der Waals surface area (Å²) in [6, 6.07) is 11.3. The van der Waals surface area contributed by atoms with Crippen molar-refractivity contribution in [2.45, 2.75) is 44.9 Å². The normalized spacial score (nSPS) is 12.3. The zero-order chi connectivity index (χ0) is 26.0. The maximum Gasteiger partial charge on any atom is 0.218 e. The molecule has 0 unspecified atom stereocenters. The number of nitrogens with zero attached hydrogens (tertiary/aromatic N) is 3. The van der Waals surface area contributed by atoms with Gasteiger partial charge in [-0.2, -0.15) is 0 Å². The topological polar surface area (TPSA) is 93.5 Å². The van der Waals surface area contributed by atoms with E-state index < -0.39 is 17.7 Å². The Morgan fingerprint density at radius 2 is 1.92 bits per heavy atom. The summed E-state index contributed by atoms with van der Waals surface area (Å²) < 4.78 is 39.9. The van der Waals surface area contributed by atoms with Crippen molar-refractivity contribution >= 4 is 12.2 Å². The molecule has 2 heterocycles. The van der Waals surface area contributed by atoms with Gasteiger partial charge in [-0.1, -0.05) is 12.1 Å². The molecule has 0 aliphatic heterocycles. The molecule has 0 aliphatic carbocycles. The minimum absolute atomic E-state index is 0.222. The van der Waals surface area contributed by atoms with E-state index in [1.54, 1.807) is 6.20 Å². The van der Waals surface area contributed by atoms with Gasteiger partial charge in [0.05, 0.1) is 12.7 Å². The average molecular weight is 510 g/mol. The fourth-order valence-electron chi connectivity index (χ4n) is 3.79. The maximum absolute atomic E-state index is 13.7. The molecule has 0 spiro atoms. The maximum atomic E-state index is 13.7. The second-order valence-corrected chi connectivity index (χ2v) is 8.64. The third kappa shape index (κ3) is 7.83. The molecule has 194 valence electrons. The summed E-state index contributed by atoms with van der Waals surface area (Å²) in [5, 5.41) is 18.7. The standard InChI is InChI=1S/C28H29F2N3O4/c29-22-8-6-21(26(30)15-22)7-11-28-32-23(19-37-28)18-36-25-9-4-20(5-10-25)3-1-2-13-33-14-12-31-27(33)16-24(35)17-34/h4-12,14-15,19,24,34-35H,1-3,13,16-18H2/b11-7+/t24-/m1/s1. The van der Waals surface area contributed by atoms with Gasteiger partial charge in [-0.25, -0.2) is 18.7 Å². The molecule has 9 heteroatoms. The molecule has 2 aromatic carbocycles. The van der Waals surface area contributed by atoms with Gasteiger partial charge in [0.15, 0.2) is 0 Å². The van der Waals surface area contributed by atoms with E-state index in [9.17, 15) is 13.9 Å². The lowest BCUT2D eigenvalue weighted by Gasteiger charge is -2.10. The van der Waals surface area contributed by atoms with E-state index in [2.05, 4.69) is 9.97 Å². The predicted octanol–water partition coefficient (Wildman–Crippen LogP) is 4.82. The van der Waals surface area contributed by atoms with Crippen LogP contribution in [0.1, 0.15) is 41.4 Å². The Balaban J connectivity index is 1.19. The quantitative estimate of drug-likeness (QED) is 0.251. The molecular formula is C28H29F2N3O4. The number of aliphatic hydroxyl groups is 2. The monoisotopic (exact) mass is 509 g/mol. The third-order valence-corrected chi connectivity index (χ3v) is 5.79. The third-order valence-electron chi connectivity index (χ3n) is 5.79. The minimum atomic E-state index is -0.788. The van der Waals surface area contributed by atoms with Crippen molar-refractivity contribution in [3.8, 4) is 5.75 Å². The Morgan fingerprint density at radius 3 is 2.70 bits per heavy atom. The van der Waals surface area contributed by atoms with Crippen molar-refractivity contribution in [3.05, 3.63) is 101 Å². The van der Waals surface area contributed by atoms with E-state index >= 15 is 0 Å². The number of oxazole rings is 1. The fourth-order valence-corrected chi connectivity index (χ4v) is 3.79. The van der Waals surface area contributed by atoms with Crippen LogP contribution < -0.4 is 4.74 Å². The van der Waals surface area contributed by atoms with E-state index in [0.29, 0.717) is 23.8 Å². The Labute approximate surface area is 213 Å². The molecule has 0 saturated carbocycles. The molecule has 0 bridgehead atoms. The predicted molar refractivity (Wildman–Crippen MR) is 135 cm³/mol. The summed E-state index contributed by atoms with van der Waals surface area (Å²) in [6.07, 6.45) is 10.5. The highest BCUT2D eigenvalue weighted by Gasteiger charge is 2.09. The smallest absolute Gasteiger partial charge is 0.218 e. The first-order valence-electron chi connectivity index (χ1n) is 12.1. The van der Waals surface area contributed by atoms with E-state index in [0.717, 1.165) is 37.7 Å². The van der Waals surface area contributed by atoms with Crippen molar-refractivity contribution in [1.29, 1.82) is 0 Å². The van der Waals surface area contributed by atoms with Crippen LogP contribution >= 0.6 is 0 Å². The molecule has 4 aromatic rings. The van der Waals surface area contributed by atoms with E-state index in [-0.39, 0.29) is 18.8 Å². The van der Waals surface area contributed by atoms with Crippen molar-refractivity contribution in [2.75, 3.05) is 6.61 Å². The number of benzene rings is 2. The molecule has 37 heavy (non-hydrogen) atoms. The van der Waals surface area contributed by atoms with Gasteiger partial charge in [0.1, 0.15) is 41.8 Å². The first kappa shape index (κ1) is 26.2. The van der Waals surface area contributed by atoms with E-state index in [1.807, 2.05) is 35.0 Å². The first-order chi connectivity index (χ1) is 18.0. The molecule has 7 nitrogen and oxygen atoms in total. The van der Waals surface area contributed by atoms with Gasteiger partial charge >= 0.3 is 0 Å². The average Bonchev–Trinajstić information content (AvgIpc) is 3.54. The SMILES string of the molecule is OC[C@H](O)Cc1nccn1CCCCc1ccc(OCc2coc(/C=C/c3ccc(F)cc3F)n2)cc1. The number of unbranched alkanes of at least 4 members (excludes halogenated alkanes) is 1. The van der Waals surface area contributed by atoms with Crippen molar-refractivity contribution in [3.63, 3.8) is 0 Å². The number of hydrogen-bond donors (Lipinski definition) is 2. The fraction of sp³-hybridized carbons (Fsp3) is 0.286. The molecule has 0 saturated heterocycles. The Kier molecular flexibility index (Phi) is 9.18. The number of rotatable bonds is 13. The number of halogens is 2. The molecule has 0 amide bonds. The number of imidazole rings is 1. The second kappa shape index (κ2) is 12.9. The highest BCUT2D eigenvalue weighted by molar-refractivity contribution is 5.66. The summed E-state index contributed by atoms with van der Waals surface area (Å²) in [7, 11) is 0. The highest BCUT2D eigenvalue weighted by atomic mass is 19.1. The van der Waals surface area contributed by atoms with Crippen molar-refractivity contribution in [1.82, 2.24) is 14.5 Å². The lowest BCUT2D eigenvalue weighted by Crippen LogP contribution is -2.18. The van der Waals surface area contributed by atoms with Gasteiger partial charge in [0.25, 0.3) is 0 Å². The van der Waals surface area contributed by atoms with Crippen molar-refractivity contribution in [2.24, 2.45) is 0 Å². The molecule has 2 N–H and O–H groups in total.